The number of methoxy groups -OCH3 is 1. The minimum atomic E-state index is -0.255. The van der Waals surface area contributed by atoms with Gasteiger partial charge in [-0.3, -0.25) is 19.9 Å². The second-order valence-electron chi connectivity index (χ2n) is 8.98. The van der Waals surface area contributed by atoms with Gasteiger partial charge >= 0.3 is 0 Å². The second kappa shape index (κ2) is 11.2. The summed E-state index contributed by atoms with van der Waals surface area (Å²) in [6, 6.07) is 9.51. The highest BCUT2D eigenvalue weighted by atomic mass is 16.5. The first-order valence-corrected chi connectivity index (χ1v) is 12.0. The van der Waals surface area contributed by atoms with Crippen LogP contribution < -0.4 is 5.32 Å². The van der Waals surface area contributed by atoms with E-state index in [1.54, 1.807) is 25.4 Å². The number of aryl methyl sites for hydroxylation is 1. The molecule has 8 heteroatoms. The number of imidazole rings is 1. The maximum Gasteiger partial charge on any atom is 0.259 e. The standard InChI is InChI=1S/C26H33N5O3/c1-30(25(33)20-8-4-3-5-9-20)18-19-11-12-23-22(16-19)28-26(31(23)14-7-15-34-2)29-24(32)21-10-6-13-27-17-21/h6,10-13,16-17,20H,3-5,7-9,14-15,18H2,1-2H3,(H,28,29,32). The number of nitrogens with zero attached hydrogens (tertiary/aromatic N) is 4. The van der Waals surface area contributed by atoms with Crippen molar-refractivity contribution in [3.05, 3.63) is 53.9 Å². The van der Waals surface area contributed by atoms with Gasteiger partial charge in [0.25, 0.3) is 5.91 Å². The molecule has 0 bridgehead atoms. The number of hydrogen-bond acceptors (Lipinski definition) is 5. The Morgan fingerprint density at radius 3 is 2.76 bits per heavy atom. The van der Waals surface area contributed by atoms with Crippen molar-refractivity contribution in [2.75, 3.05) is 26.1 Å². The molecule has 1 aromatic carbocycles. The number of pyridine rings is 1. The van der Waals surface area contributed by atoms with Gasteiger partial charge < -0.3 is 14.2 Å². The quantitative estimate of drug-likeness (QED) is 0.479. The van der Waals surface area contributed by atoms with Crippen molar-refractivity contribution in [3.8, 4) is 0 Å². The monoisotopic (exact) mass is 463 g/mol. The number of anilines is 1. The normalized spacial score (nSPS) is 14.3. The molecule has 0 aliphatic heterocycles. The lowest BCUT2D eigenvalue weighted by atomic mass is 9.88. The molecule has 8 nitrogen and oxygen atoms in total. The number of nitrogens with one attached hydrogen (secondary N) is 1. The zero-order chi connectivity index (χ0) is 23.9. The van der Waals surface area contributed by atoms with Crippen molar-refractivity contribution >= 4 is 28.8 Å². The zero-order valence-corrected chi connectivity index (χ0v) is 20.0. The van der Waals surface area contributed by atoms with E-state index in [0.717, 1.165) is 48.7 Å². The van der Waals surface area contributed by atoms with E-state index in [9.17, 15) is 9.59 Å². The van der Waals surface area contributed by atoms with Crippen molar-refractivity contribution in [1.29, 1.82) is 0 Å². The molecule has 1 N–H and O–H groups in total. The van der Waals surface area contributed by atoms with Crippen LogP contribution in [0.15, 0.2) is 42.7 Å². The third-order valence-electron chi connectivity index (χ3n) is 6.44. The van der Waals surface area contributed by atoms with Crippen LogP contribution in [-0.2, 0) is 22.6 Å². The number of carbonyl (C=O) groups excluding carboxylic acids is 2. The lowest BCUT2D eigenvalue weighted by molar-refractivity contribution is -0.135. The van der Waals surface area contributed by atoms with Gasteiger partial charge in [-0.2, -0.15) is 0 Å². The van der Waals surface area contributed by atoms with Gasteiger partial charge in [-0.1, -0.05) is 25.3 Å². The average molecular weight is 464 g/mol. The van der Waals surface area contributed by atoms with E-state index in [1.165, 1.54) is 12.6 Å². The fourth-order valence-electron chi connectivity index (χ4n) is 4.65. The van der Waals surface area contributed by atoms with Gasteiger partial charge in [0, 0.05) is 52.2 Å². The number of fused-ring (bicyclic) bond motifs is 1. The van der Waals surface area contributed by atoms with Gasteiger partial charge in [-0.05, 0) is 49.1 Å². The number of amides is 2. The van der Waals surface area contributed by atoms with Crippen LogP contribution in [-0.4, -0.2) is 52.0 Å². The fraction of sp³-hybridized carbons (Fsp3) is 0.462. The Labute approximate surface area is 200 Å². The Morgan fingerprint density at radius 1 is 1.21 bits per heavy atom. The highest BCUT2D eigenvalue weighted by Crippen LogP contribution is 2.27. The summed E-state index contributed by atoms with van der Waals surface area (Å²) in [6.07, 6.45) is 9.46. The van der Waals surface area contributed by atoms with Gasteiger partial charge in [0.05, 0.1) is 16.6 Å². The highest BCUT2D eigenvalue weighted by molar-refractivity contribution is 6.03. The molecular formula is C26H33N5O3. The van der Waals surface area contributed by atoms with Crippen molar-refractivity contribution in [2.45, 2.75) is 51.6 Å². The number of ether oxygens (including phenoxy) is 1. The molecule has 2 aromatic heterocycles. The van der Waals surface area contributed by atoms with Crippen molar-refractivity contribution in [1.82, 2.24) is 19.4 Å². The Balaban J connectivity index is 1.55. The van der Waals surface area contributed by atoms with Crippen LogP contribution in [0.25, 0.3) is 11.0 Å². The molecule has 0 atom stereocenters. The molecule has 180 valence electrons. The summed E-state index contributed by atoms with van der Waals surface area (Å²) < 4.78 is 7.21. The third-order valence-corrected chi connectivity index (χ3v) is 6.44. The molecule has 3 aromatic rings. The molecule has 0 unspecified atom stereocenters. The first-order valence-electron chi connectivity index (χ1n) is 12.0. The second-order valence-corrected chi connectivity index (χ2v) is 8.98. The van der Waals surface area contributed by atoms with Crippen LogP contribution in [0.2, 0.25) is 0 Å². The molecule has 1 fully saturated rings. The molecule has 4 rings (SSSR count). The minimum absolute atomic E-state index is 0.150. The van der Waals surface area contributed by atoms with E-state index in [4.69, 9.17) is 9.72 Å². The molecule has 0 radical (unpaired) electrons. The van der Waals surface area contributed by atoms with Crippen molar-refractivity contribution in [2.24, 2.45) is 5.92 Å². The average Bonchev–Trinajstić information content (AvgIpc) is 3.20. The molecule has 0 spiro atoms. The smallest absolute Gasteiger partial charge is 0.259 e. The number of benzene rings is 1. The van der Waals surface area contributed by atoms with E-state index in [1.807, 2.05) is 34.7 Å². The molecule has 2 amide bonds. The predicted octanol–water partition coefficient (Wildman–Crippen LogP) is 4.26. The summed E-state index contributed by atoms with van der Waals surface area (Å²) >= 11 is 0. The summed E-state index contributed by atoms with van der Waals surface area (Å²) in [6.45, 7) is 1.81. The summed E-state index contributed by atoms with van der Waals surface area (Å²) in [5, 5.41) is 2.93. The van der Waals surface area contributed by atoms with Crippen LogP contribution >= 0.6 is 0 Å². The van der Waals surface area contributed by atoms with Crippen LogP contribution in [0, 0.1) is 5.92 Å². The first kappa shape index (κ1) is 23.9. The Morgan fingerprint density at radius 2 is 2.03 bits per heavy atom. The van der Waals surface area contributed by atoms with E-state index in [2.05, 4.69) is 10.3 Å². The van der Waals surface area contributed by atoms with E-state index < -0.39 is 0 Å². The maximum atomic E-state index is 12.9. The van der Waals surface area contributed by atoms with Crippen molar-refractivity contribution < 1.29 is 14.3 Å². The fourth-order valence-corrected chi connectivity index (χ4v) is 4.65. The molecule has 1 aliphatic rings. The lowest BCUT2D eigenvalue weighted by Gasteiger charge is -2.26. The topological polar surface area (TPSA) is 89.3 Å². The Kier molecular flexibility index (Phi) is 7.90. The summed E-state index contributed by atoms with van der Waals surface area (Å²) in [5.74, 6) is 0.615. The van der Waals surface area contributed by atoms with E-state index in [0.29, 0.717) is 31.2 Å². The maximum absolute atomic E-state index is 12.9. The number of carbonyl (C=O) groups is 2. The Bertz CT molecular complexity index is 1120. The SMILES string of the molecule is COCCCn1c(NC(=O)c2cccnc2)nc2cc(CN(C)C(=O)C3CCCCC3)ccc21. The predicted molar refractivity (Wildman–Crippen MR) is 131 cm³/mol. The number of aromatic nitrogens is 3. The molecule has 34 heavy (non-hydrogen) atoms. The molecule has 1 aliphatic carbocycles. The molecular weight excluding hydrogens is 430 g/mol. The van der Waals surface area contributed by atoms with Crippen LogP contribution in [0.1, 0.15) is 54.4 Å². The van der Waals surface area contributed by atoms with E-state index >= 15 is 0 Å². The number of rotatable bonds is 9. The van der Waals surface area contributed by atoms with Crippen LogP contribution in [0.3, 0.4) is 0 Å². The minimum Gasteiger partial charge on any atom is -0.385 e. The summed E-state index contributed by atoms with van der Waals surface area (Å²) in [4.78, 5) is 36.2. The van der Waals surface area contributed by atoms with Gasteiger partial charge in [-0.15, -0.1) is 0 Å². The van der Waals surface area contributed by atoms with Crippen LogP contribution in [0.5, 0.6) is 0 Å². The van der Waals surface area contributed by atoms with Gasteiger partial charge in [0.15, 0.2) is 0 Å². The number of hydrogen-bond donors (Lipinski definition) is 1. The summed E-state index contributed by atoms with van der Waals surface area (Å²) in [5.41, 5.74) is 3.21. The van der Waals surface area contributed by atoms with Gasteiger partial charge in [-0.25, -0.2) is 4.98 Å². The first-order chi connectivity index (χ1) is 16.6. The summed E-state index contributed by atoms with van der Waals surface area (Å²) in [7, 11) is 3.55. The van der Waals surface area contributed by atoms with Crippen LogP contribution in [0.4, 0.5) is 5.95 Å². The lowest BCUT2D eigenvalue weighted by Crippen LogP contribution is -2.33. The molecule has 1 saturated carbocycles. The van der Waals surface area contributed by atoms with Gasteiger partial charge in [0.2, 0.25) is 11.9 Å². The highest BCUT2D eigenvalue weighted by Gasteiger charge is 2.24. The third kappa shape index (κ3) is 5.62. The Hall–Kier alpha value is -3.26. The van der Waals surface area contributed by atoms with E-state index in [-0.39, 0.29) is 17.7 Å². The van der Waals surface area contributed by atoms with Gasteiger partial charge in [0.1, 0.15) is 0 Å². The largest absolute Gasteiger partial charge is 0.385 e. The zero-order valence-electron chi connectivity index (χ0n) is 20.0. The van der Waals surface area contributed by atoms with Crippen molar-refractivity contribution in [3.63, 3.8) is 0 Å². The molecule has 2 heterocycles. The molecule has 0 saturated heterocycles.